The van der Waals surface area contributed by atoms with Gasteiger partial charge in [0.2, 0.25) is 11.0 Å². The van der Waals surface area contributed by atoms with Crippen LogP contribution in [0.15, 0.2) is 35.5 Å². The van der Waals surface area contributed by atoms with Gasteiger partial charge in [-0.15, -0.1) is 20.4 Å². The van der Waals surface area contributed by atoms with Gasteiger partial charge >= 0.3 is 0 Å². The van der Waals surface area contributed by atoms with E-state index in [-0.39, 0.29) is 11.7 Å². The number of carbonyl (C=O) groups is 1. The maximum absolute atomic E-state index is 12.1. The fraction of sp³-hybridized carbons (Fsp3) is 0.312. The van der Waals surface area contributed by atoms with Crippen LogP contribution in [0.1, 0.15) is 18.9 Å². The fourth-order valence-corrected chi connectivity index (χ4v) is 3.71. The van der Waals surface area contributed by atoms with Gasteiger partial charge in [0.25, 0.3) is 0 Å². The van der Waals surface area contributed by atoms with Crippen LogP contribution in [0.5, 0.6) is 0 Å². The molecule has 0 spiro atoms. The van der Waals surface area contributed by atoms with Gasteiger partial charge in [0.1, 0.15) is 5.01 Å². The van der Waals surface area contributed by atoms with Gasteiger partial charge in [-0.3, -0.25) is 10.1 Å². The maximum Gasteiger partial charge on any atom is 0.236 e. The second-order valence-electron chi connectivity index (χ2n) is 5.11. The van der Waals surface area contributed by atoms with E-state index >= 15 is 0 Å². The molecule has 0 aliphatic carbocycles. The minimum atomic E-state index is -0.129. The van der Waals surface area contributed by atoms with Crippen molar-refractivity contribution >= 4 is 34.1 Å². The second kappa shape index (κ2) is 8.21. The van der Waals surface area contributed by atoms with Crippen LogP contribution in [0.3, 0.4) is 0 Å². The number of carbonyl (C=O) groups excluding carboxylic acids is 1. The Morgan fingerprint density at radius 3 is 2.64 bits per heavy atom. The lowest BCUT2D eigenvalue weighted by molar-refractivity contribution is -0.113. The van der Waals surface area contributed by atoms with Crippen LogP contribution < -0.4 is 5.32 Å². The molecule has 1 N–H and O–H groups in total. The summed E-state index contributed by atoms with van der Waals surface area (Å²) in [6.07, 6.45) is 0.810. The van der Waals surface area contributed by atoms with E-state index in [9.17, 15) is 4.79 Å². The lowest BCUT2D eigenvalue weighted by atomic mass is 10.2. The Hall–Kier alpha value is -2.26. The number of thioether (sulfide) groups is 1. The number of nitrogens with zero attached hydrogens (tertiary/aromatic N) is 5. The number of aromatic nitrogens is 5. The molecule has 0 unspecified atom stereocenters. The molecule has 1 aromatic carbocycles. The number of hydrogen-bond acceptors (Lipinski definition) is 7. The molecule has 2 heterocycles. The lowest BCUT2D eigenvalue weighted by Crippen LogP contribution is -2.14. The van der Waals surface area contributed by atoms with Gasteiger partial charge in [-0.05, 0) is 13.3 Å². The van der Waals surface area contributed by atoms with Crippen LogP contribution >= 0.6 is 23.1 Å². The second-order valence-corrected chi connectivity index (χ2v) is 7.11. The molecule has 3 aromatic rings. The number of rotatable bonds is 7. The van der Waals surface area contributed by atoms with E-state index in [1.807, 2.05) is 48.7 Å². The summed E-state index contributed by atoms with van der Waals surface area (Å²) in [5.41, 5.74) is 1.01. The van der Waals surface area contributed by atoms with Crippen molar-refractivity contribution in [2.45, 2.75) is 32.0 Å². The van der Waals surface area contributed by atoms with Crippen LogP contribution in [-0.2, 0) is 17.8 Å². The molecule has 0 fully saturated rings. The van der Waals surface area contributed by atoms with Crippen molar-refractivity contribution < 1.29 is 4.79 Å². The van der Waals surface area contributed by atoms with E-state index in [2.05, 4.69) is 25.7 Å². The predicted octanol–water partition coefficient (Wildman–Crippen LogP) is 3.11. The monoisotopic (exact) mass is 374 g/mol. The topological polar surface area (TPSA) is 85.6 Å². The van der Waals surface area contributed by atoms with Crippen LogP contribution in [0.2, 0.25) is 0 Å². The summed E-state index contributed by atoms with van der Waals surface area (Å²) in [5, 5.41) is 21.4. The highest BCUT2D eigenvalue weighted by Gasteiger charge is 2.15. The first-order valence-corrected chi connectivity index (χ1v) is 9.75. The first-order chi connectivity index (χ1) is 12.2. The number of hydrogen-bond donors (Lipinski definition) is 1. The standard InChI is InChI=1S/C16H18N6OS2/c1-3-13-18-20-15(25-13)17-12(23)10-24-16-21-19-14(22(16)4-2)11-8-6-5-7-9-11/h5-9H,3-4,10H2,1-2H3,(H,17,20,23). The summed E-state index contributed by atoms with van der Waals surface area (Å²) in [6, 6.07) is 9.90. The molecular weight excluding hydrogens is 356 g/mol. The molecule has 25 heavy (non-hydrogen) atoms. The summed E-state index contributed by atoms with van der Waals surface area (Å²) in [7, 11) is 0. The Kier molecular flexibility index (Phi) is 5.77. The summed E-state index contributed by atoms with van der Waals surface area (Å²) >= 11 is 2.76. The van der Waals surface area contributed by atoms with Crippen LogP contribution in [-0.4, -0.2) is 36.6 Å². The molecule has 1 amide bonds. The highest BCUT2D eigenvalue weighted by atomic mass is 32.2. The highest BCUT2D eigenvalue weighted by Crippen LogP contribution is 2.24. The summed E-state index contributed by atoms with van der Waals surface area (Å²) in [6.45, 7) is 4.77. The zero-order chi connectivity index (χ0) is 17.6. The van der Waals surface area contributed by atoms with Crippen molar-refractivity contribution in [2.24, 2.45) is 0 Å². The molecular formula is C16H18N6OS2. The zero-order valence-electron chi connectivity index (χ0n) is 14.0. The van der Waals surface area contributed by atoms with E-state index in [1.165, 1.54) is 23.1 Å². The van der Waals surface area contributed by atoms with Crippen molar-refractivity contribution in [1.82, 2.24) is 25.0 Å². The SMILES string of the molecule is CCc1nnc(NC(=O)CSc2nnc(-c3ccccc3)n2CC)s1. The Balaban J connectivity index is 1.65. The van der Waals surface area contributed by atoms with Gasteiger partial charge in [0.05, 0.1) is 5.75 Å². The largest absolute Gasteiger partial charge is 0.302 e. The fourth-order valence-electron chi connectivity index (χ4n) is 2.21. The van der Waals surface area contributed by atoms with Crippen molar-refractivity contribution in [2.75, 3.05) is 11.1 Å². The first kappa shape index (κ1) is 17.6. The lowest BCUT2D eigenvalue weighted by Gasteiger charge is -2.07. The first-order valence-electron chi connectivity index (χ1n) is 7.95. The van der Waals surface area contributed by atoms with E-state index < -0.39 is 0 Å². The highest BCUT2D eigenvalue weighted by molar-refractivity contribution is 7.99. The molecule has 0 radical (unpaired) electrons. The van der Waals surface area contributed by atoms with Gasteiger partial charge in [0, 0.05) is 12.1 Å². The Morgan fingerprint density at radius 1 is 1.16 bits per heavy atom. The third-order valence-electron chi connectivity index (χ3n) is 3.41. The molecule has 130 valence electrons. The van der Waals surface area contributed by atoms with Crippen LogP contribution in [0.4, 0.5) is 5.13 Å². The minimum Gasteiger partial charge on any atom is -0.302 e. The molecule has 2 aromatic heterocycles. The van der Waals surface area contributed by atoms with Crippen LogP contribution in [0, 0.1) is 0 Å². The maximum atomic E-state index is 12.1. The predicted molar refractivity (Wildman–Crippen MR) is 99.8 cm³/mol. The molecule has 0 saturated heterocycles. The molecule has 7 nitrogen and oxygen atoms in total. The van der Waals surface area contributed by atoms with E-state index in [1.54, 1.807) is 0 Å². The summed E-state index contributed by atoms with van der Waals surface area (Å²) in [4.78, 5) is 12.1. The number of aryl methyl sites for hydroxylation is 1. The van der Waals surface area contributed by atoms with E-state index in [0.717, 1.165) is 34.5 Å². The van der Waals surface area contributed by atoms with E-state index in [0.29, 0.717) is 5.13 Å². The van der Waals surface area contributed by atoms with Crippen molar-refractivity contribution in [1.29, 1.82) is 0 Å². The normalized spacial score (nSPS) is 10.8. The third-order valence-corrected chi connectivity index (χ3v) is 5.36. The number of benzene rings is 1. The average Bonchev–Trinajstić information content (AvgIpc) is 3.26. The molecule has 0 bridgehead atoms. The van der Waals surface area contributed by atoms with Crippen molar-refractivity contribution in [3.05, 3.63) is 35.3 Å². The Morgan fingerprint density at radius 2 is 1.96 bits per heavy atom. The number of amides is 1. The number of nitrogens with one attached hydrogen (secondary N) is 1. The van der Waals surface area contributed by atoms with Gasteiger partial charge in [-0.1, -0.05) is 60.4 Å². The Bertz CT molecular complexity index is 845. The molecule has 9 heteroatoms. The smallest absolute Gasteiger partial charge is 0.236 e. The number of anilines is 1. The average molecular weight is 374 g/mol. The van der Waals surface area contributed by atoms with Gasteiger partial charge in [-0.2, -0.15) is 0 Å². The van der Waals surface area contributed by atoms with Crippen molar-refractivity contribution in [3.8, 4) is 11.4 Å². The van der Waals surface area contributed by atoms with E-state index in [4.69, 9.17) is 0 Å². The zero-order valence-corrected chi connectivity index (χ0v) is 15.6. The molecule has 0 atom stereocenters. The van der Waals surface area contributed by atoms with Gasteiger partial charge in [-0.25, -0.2) is 0 Å². The summed E-state index contributed by atoms with van der Waals surface area (Å²) < 4.78 is 2.01. The summed E-state index contributed by atoms with van der Waals surface area (Å²) in [5.74, 6) is 0.923. The molecule has 0 saturated carbocycles. The minimum absolute atomic E-state index is 0.129. The van der Waals surface area contributed by atoms with Gasteiger partial charge < -0.3 is 4.57 Å². The Labute approximate surface area is 153 Å². The quantitative estimate of drug-likeness (QED) is 0.640. The molecule has 0 aliphatic rings. The molecule has 0 aliphatic heterocycles. The third kappa shape index (κ3) is 4.23. The van der Waals surface area contributed by atoms with Crippen LogP contribution in [0.25, 0.3) is 11.4 Å². The van der Waals surface area contributed by atoms with Crippen molar-refractivity contribution in [3.63, 3.8) is 0 Å². The van der Waals surface area contributed by atoms with Gasteiger partial charge in [0.15, 0.2) is 11.0 Å². The molecule has 3 rings (SSSR count).